The van der Waals surface area contributed by atoms with Crippen LogP contribution in [-0.2, 0) is 27.4 Å². The van der Waals surface area contributed by atoms with Crippen molar-refractivity contribution in [1.29, 1.82) is 0 Å². The number of aromatic nitrogens is 1. The maximum atomic E-state index is 12.9. The molecule has 1 aliphatic rings. The van der Waals surface area contributed by atoms with Gasteiger partial charge in [-0.05, 0) is 43.0 Å². The summed E-state index contributed by atoms with van der Waals surface area (Å²) in [6, 6.07) is 10.7. The average Bonchev–Trinajstić information content (AvgIpc) is 3.53. The van der Waals surface area contributed by atoms with Crippen LogP contribution in [0.15, 0.2) is 42.6 Å². The normalized spacial score (nSPS) is 13.5. The van der Waals surface area contributed by atoms with E-state index in [9.17, 15) is 14.4 Å². The second-order valence-corrected chi connectivity index (χ2v) is 9.17. The second kappa shape index (κ2) is 11.3. The molecule has 0 radical (unpaired) electrons. The molecule has 4 rings (SSSR count). The summed E-state index contributed by atoms with van der Waals surface area (Å²) in [7, 11) is 2.88. The molecule has 0 unspecified atom stereocenters. The lowest BCUT2D eigenvalue weighted by molar-refractivity contribution is -0.142. The molecule has 1 aliphatic carbocycles. The summed E-state index contributed by atoms with van der Waals surface area (Å²) in [5, 5.41) is 3.98. The Bertz CT molecular complexity index is 1270. The lowest BCUT2D eigenvalue weighted by Crippen LogP contribution is -2.28. The highest BCUT2D eigenvalue weighted by atomic mass is 16.5. The van der Waals surface area contributed by atoms with Gasteiger partial charge in [-0.3, -0.25) is 9.59 Å². The van der Waals surface area contributed by atoms with Gasteiger partial charge in [0.15, 0.2) is 0 Å². The van der Waals surface area contributed by atoms with Crippen molar-refractivity contribution in [3.63, 3.8) is 0 Å². The Balaban J connectivity index is 1.66. The van der Waals surface area contributed by atoms with E-state index in [-0.39, 0.29) is 18.5 Å². The van der Waals surface area contributed by atoms with Gasteiger partial charge in [0.1, 0.15) is 12.4 Å². The molecule has 0 spiro atoms. The van der Waals surface area contributed by atoms with E-state index >= 15 is 0 Å². The van der Waals surface area contributed by atoms with E-state index in [0.29, 0.717) is 35.9 Å². The maximum Gasteiger partial charge on any atom is 0.337 e. The highest BCUT2D eigenvalue weighted by Crippen LogP contribution is 2.28. The number of esters is 2. The van der Waals surface area contributed by atoms with Crippen molar-refractivity contribution >= 4 is 28.7 Å². The second-order valence-electron chi connectivity index (χ2n) is 9.17. The number of nitrogens with one attached hydrogen (secondary N) is 1. The van der Waals surface area contributed by atoms with Crippen LogP contribution in [0.25, 0.3) is 10.9 Å². The van der Waals surface area contributed by atoms with E-state index in [1.54, 1.807) is 25.3 Å². The Morgan fingerprint density at radius 2 is 1.75 bits per heavy atom. The molecule has 1 N–H and O–H groups in total. The van der Waals surface area contributed by atoms with Gasteiger partial charge in [0.2, 0.25) is 0 Å². The van der Waals surface area contributed by atoms with Crippen LogP contribution >= 0.6 is 0 Å². The Labute approximate surface area is 210 Å². The minimum Gasteiger partial charge on any atom is -0.496 e. The quantitative estimate of drug-likeness (QED) is 0.443. The zero-order valence-electron chi connectivity index (χ0n) is 21.0. The average molecular weight is 493 g/mol. The summed E-state index contributed by atoms with van der Waals surface area (Å²) in [4.78, 5) is 36.3. The fraction of sp³-hybridized carbons (Fsp3) is 0.393. The third kappa shape index (κ3) is 5.70. The number of ether oxygens (including phenoxy) is 3. The first-order valence-electron chi connectivity index (χ1n) is 12.2. The molecule has 8 heteroatoms. The van der Waals surface area contributed by atoms with Crippen molar-refractivity contribution in [3.8, 4) is 5.75 Å². The molecule has 1 heterocycles. The van der Waals surface area contributed by atoms with Gasteiger partial charge in [-0.15, -0.1) is 0 Å². The zero-order chi connectivity index (χ0) is 25.7. The Kier molecular flexibility index (Phi) is 7.93. The summed E-state index contributed by atoms with van der Waals surface area (Å²) in [5.74, 6) is 0.198. The van der Waals surface area contributed by atoms with E-state index in [2.05, 4.69) is 5.32 Å². The SMILES string of the molecule is COC(=O)c1ccc(Cn2cc(COC(C)=O)c3ccc(C(=O)NCC4CCCC4)cc32)c(OC)c1. The molecule has 36 heavy (non-hydrogen) atoms. The van der Waals surface area contributed by atoms with Crippen LogP contribution in [0.5, 0.6) is 5.75 Å². The third-order valence-electron chi connectivity index (χ3n) is 6.73. The van der Waals surface area contributed by atoms with Crippen LogP contribution in [0.3, 0.4) is 0 Å². The number of carbonyl (C=O) groups excluding carboxylic acids is 3. The number of carbonyl (C=O) groups is 3. The van der Waals surface area contributed by atoms with Gasteiger partial charge in [0.25, 0.3) is 5.91 Å². The van der Waals surface area contributed by atoms with Crippen molar-refractivity contribution in [2.45, 2.75) is 45.8 Å². The number of nitrogens with zero attached hydrogens (tertiary/aromatic N) is 1. The topological polar surface area (TPSA) is 95.9 Å². The van der Waals surface area contributed by atoms with Crippen LogP contribution in [0.2, 0.25) is 0 Å². The molecular weight excluding hydrogens is 460 g/mol. The van der Waals surface area contributed by atoms with E-state index in [4.69, 9.17) is 14.2 Å². The van der Waals surface area contributed by atoms with Gasteiger partial charge in [0.05, 0.1) is 26.3 Å². The van der Waals surface area contributed by atoms with Gasteiger partial charge in [-0.2, -0.15) is 0 Å². The van der Waals surface area contributed by atoms with Crippen LogP contribution in [0, 0.1) is 5.92 Å². The van der Waals surface area contributed by atoms with E-state index in [1.165, 1.54) is 26.9 Å². The molecule has 0 saturated heterocycles. The minimum absolute atomic E-state index is 0.0990. The van der Waals surface area contributed by atoms with Gasteiger partial charge in [-0.25, -0.2) is 4.79 Å². The van der Waals surface area contributed by atoms with Crippen molar-refractivity contribution < 1.29 is 28.6 Å². The van der Waals surface area contributed by atoms with Gasteiger partial charge >= 0.3 is 11.9 Å². The first kappa shape index (κ1) is 25.3. The maximum absolute atomic E-state index is 12.9. The molecule has 8 nitrogen and oxygen atoms in total. The lowest BCUT2D eigenvalue weighted by atomic mass is 10.1. The fourth-order valence-electron chi connectivity index (χ4n) is 4.79. The smallest absolute Gasteiger partial charge is 0.337 e. The number of hydrogen-bond donors (Lipinski definition) is 1. The summed E-state index contributed by atoms with van der Waals surface area (Å²) < 4.78 is 17.6. The zero-order valence-corrected chi connectivity index (χ0v) is 21.0. The number of amides is 1. The van der Waals surface area contributed by atoms with E-state index in [0.717, 1.165) is 34.9 Å². The molecule has 1 saturated carbocycles. The summed E-state index contributed by atoms with van der Waals surface area (Å²) in [6.45, 7) is 2.62. The first-order chi connectivity index (χ1) is 17.4. The summed E-state index contributed by atoms with van der Waals surface area (Å²) >= 11 is 0. The molecule has 0 bridgehead atoms. The molecule has 1 fully saturated rings. The molecule has 2 aromatic carbocycles. The molecule has 3 aromatic rings. The molecule has 1 amide bonds. The van der Waals surface area contributed by atoms with Crippen LogP contribution in [-0.4, -0.2) is 43.2 Å². The van der Waals surface area contributed by atoms with Crippen LogP contribution in [0.1, 0.15) is 64.4 Å². The van der Waals surface area contributed by atoms with Crippen molar-refractivity contribution in [2.24, 2.45) is 5.92 Å². The monoisotopic (exact) mass is 492 g/mol. The molecule has 1 aromatic heterocycles. The number of fused-ring (bicyclic) bond motifs is 1. The summed E-state index contributed by atoms with van der Waals surface area (Å²) in [5.41, 5.74) is 3.49. The fourth-order valence-corrected chi connectivity index (χ4v) is 4.79. The highest BCUT2D eigenvalue weighted by molar-refractivity contribution is 5.98. The van der Waals surface area contributed by atoms with Crippen molar-refractivity contribution in [1.82, 2.24) is 9.88 Å². The third-order valence-corrected chi connectivity index (χ3v) is 6.73. The van der Waals surface area contributed by atoms with Crippen molar-refractivity contribution in [2.75, 3.05) is 20.8 Å². The van der Waals surface area contributed by atoms with Crippen LogP contribution in [0.4, 0.5) is 0 Å². The predicted octanol–water partition coefficient (Wildman–Crippen LogP) is 4.47. The predicted molar refractivity (Wildman–Crippen MR) is 135 cm³/mol. The first-order valence-corrected chi connectivity index (χ1v) is 12.2. The van der Waals surface area contributed by atoms with E-state index < -0.39 is 5.97 Å². The van der Waals surface area contributed by atoms with E-state index in [1.807, 2.05) is 29.0 Å². The number of methoxy groups -OCH3 is 2. The minimum atomic E-state index is -0.441. The van der Waals surface area contributed by atoms with Gasteiger partial charge < -0.3 is 24.1 Å². The summed E-state index contributed by atoms with van der Waals surface area (Å²) in [6.07, 6.45) is 6.71. The van der Waals surface area contributed by atoms with Gasteiger partial charge in [-0.1, -0.05) is 25.0 Å². The largest absolute Gasteiger partial charge is 0.496 e. The lowest BCUT2D eigenvalue weighted by Gasteiger charge is -2.13. The Morgan fingerprint density at radius 3 is 2.44 bits per heavy atom. The molecule has 0 aliphatic heterocycles. The Morgan fingerprint density at radius 1 is 1.00 bits per heavy atom. The Hall–Kier alpha value is -3.81. The number of rotatable bonds is 9. The number of benzene rings is 2. The number of hydrogen-bond acceptors (Lipinski definition) is 6. The van der Waals surface area contributed by atoms with Gasteiger partial charge in [0, 0.05) is 47.3 Å². The van der Waals surface area contributed by atoms with Crippen LogP contribution < -0.4 is 10.1 Å². The molecule has 0 atom stereocenters. The van der Waals surface area contributed by atoms with Crippen molar-refractivity contribution in [3.05, 3.63) is 64.8 Å². The highest BCUT2D eigenvalue weighted by Gasteiger charge is 2.18. The molecule has 190 valence electrons. The standard InChI is InChI=1S/C28H32N2O6/c1-18(31)36-17-23-16-30(15-22-9-8-21(28(33)35-3)13-26(22)34-2)25-12-20(10-11-24(23)25)27(32)29-14-19-6-4-5-7-19/h8-13,16,19H,4-7,14-15,17H2,1-3H3,(H,29,32). The molecular formula is C28H32N2O6.